The van der Waals surface area contributed by atoms with Gasteiger partial charge in [-0.05, 0) is 0 Å². The van der Waals surface area contributed by atoms with Crippen molar-refractivity contribution in [2.45, 2.75) is 0 Å². The molecule has 4 nitrogen and oxygen atoms in total. The van der Waals surface area contributed by atoms with E-state index in [1.807, 2.05) is 0 Å². The summed E-state index contributed by atoms with van der Waals surface area (Å²) >= 11 is 0. The zero-order chi connectivity index (χ0) is 8.43. The number of halogens is 1. The van der Waals surface area contributed by atoms with Gasteiger partial charge in [0.25, 0.3) is 0 Å². The lowest BCUT2D eigenvalue weighted by molar-refractivity contribution is 0.0590. The summed E-state index contributed by atoms with van der Waals surface area (Å²) in [5.41, 5.74) is -0.00926. The summed E-state index contributed by atoms with van der Waals surface area (Å²) in [4.78, 5) is 10.8. The number of hydrogen-bond donors (Lipinski definition) is 1. The summed E-state index contributed by atoms with van der Waals surface area (Å²) in [6.07, 6.45) is 0.992. The van der Waals surface area contributed by atoms with Crippen LogP contribution in [0.5, 0.6) is 0 Å². The fraction of sp³-hybridized carbons (Fsp3) is 0.167. The van der Waals surface area contributed by atoms with E-state index in [1.54, 1.807) is 0 Å². The first-order valence-electron chi connectivity index (χ1n) is 2.86. The van der Waals surface area contributed by atoms with Gasteiger partial charge in [-0.3, -0.25) is 4.68 Å². The number of hydrogen-bond acceptors (Lipinski definition) is 3. The third-order valence-corrected chi connectivity index (χ3v) is 1.21. The molecule has 0 saturated carbocycles. The summed E-state index contributed by atoms with van der Waals surface area (Å²) < 4.78 is 17.6. The molecule has 0 saturated heterocycles. The fourth-order valence-electron chi connectivity index (χ4n) is 0.714. The van der Waals surface area contributed by atoms with Gasteiger partial charge in [-0.15, -0.1) is 0 Å². The van der Waals surface area contributed by atoms with Crippen LogP contribution in [-0.4, -0.2) is 17.8 Å². The van der Waals surface area contributed by atoms with Crippen molar-refractivity contribution in [3.05, 3.63) is 23.8 Å². The first-order chi connectivity index (χ1) is 5.15. The van der Waals surface area contributed by atoms with Crippen LogP contribution >= 0.6 is 0 Å². The molecule has 0 unspecified atom stereocenters. The van der Waals surface area contributed by atoms with Gasteiger partial charge in [0.05, 0.1) is 13.3 Å². The summed E-state index contributed by atoms with van der Waals surface area (Å²) in [5, 5.41) is 0. The van der Waals surface area contributed by atoms with E-state index >= 15 is 0 Å². The number of nitrogens with zero attached hydrogens (tertiary/aromatic N) is 1. The Bertz CT molecular complexity index is 282. The number of nitrogen functional groups attached to an aromatic ring is 1. The second kappa shape index (κ2) is 2.61. The van der Waals surface area contributed by atoms with E-state index in [-0.39, 0.29) is 5.69 Å². The van der Waals surface area contributed by atoms with Crippen molar-refractivity contribution in [2.75, 3.05) is 13.0 Å². The van der Waals surface area contributed by atoms with Crippen molar-refractivity contribution in [3.63, 3.8) is 0 Å². The number of carbonyl (C=O) groups excluding carboxylic acids is 1. The molecule has 0 atom stereocenters. The molecule has 2 N–H and O–H groups in total. The highest BCUT2D eigenvalue weighted by molar-refractivity contribution is 5.87. The standard InChI is InChI=1S/C6H7FN2O2/c1-11-6(10)5-2-4(7)3-9(5)8/h2-3H,8H2,1H3. The van der Waals surface area contributed by atoms with Crippen LogP contribution < -0.4 is 5.84 Å². The molecule has 0 aromatic carbocycles. The Morgan fingerprint density at radius 2 is 2.45 bits per heavy atom. The van der Waals surface area contributed by atoms with Gasteiger partial charge in [0.1, 0.15) is 11.5 Å². The predicted octanol–water partition coefficient (Wildman–Crippen LogP) is 0.128. The molecule has 11 heavy (non-hydrogen) atoms. The molecule has 0 aliphatic rings. The maximum absolute atomic E-state index is 12.4. The quantitative estimate of drug-likeness (QED) is 0.466. The molecule has 0 spiro atoms. The molecule has 0 aliphatic carbocycles. The molecule has 1 aromatic heterocycles. The van der Waals surface area contributed by atoms with E-state index in [9.17, 15) is 9.18 Å². The molecule has 0 bridgehead atoms. The second-order valence-corrected chi connectivity index (χ2v) is 1.94. The van der Waals surface area contributed by atoms with Crippen LogP contribution in [0, 0.1) is 5.82 Å². The molecule has 1 rings (SSSR count). The van der Waals surface area contributed by atoms with Crippen molar-refractivity contribution in [1.29, 1.82) is 0 Å². The highest BCUT2D eigenvalue weighted by Crippen LogP contribution is 2.04. The molecule has 0 radical (unpaired) electrons. The summed E-state index contributed by atoms with van der Waals surface area (Å²) in [7, 11) is 1.20. The van der Waals surface area contributed by atoms with Crippen LogP contribution in [0.2, 0.25) is 0 Å². The van der Waals surface area contributed by atoms with Gasteiger partial charge < -0.3 is 10.6 Å². The fourth-order valence-corrected chi connectivity index (χ4v) is 0.714. The van der Waals surface area contributed by atoms with Crippen molar-refractivity contribution < 1.29 is 13.9 Å². The van der Waals surface area contributed by atoms with Gasteiger partial charge in [0.15, 0.2) is 0 Å². The van der Waals surface area contributed by atoms with E-state index in [0.29, 0.717) is 0 Å². The maximum atomic E-state index is 12.4. The smallest absolute Gasteiger partial charge is 0.356 e. The predicted molar refractivity (Wildman–Crippen MR) is 35.9 cm³/mol. The highest BCUT2D eigenvalue weighted by Gasteiger charge is 2.11. The lowest BCUT2D eigenvalue weighted by Crippen LogP contribution is -2.15. The molecule has 1 aromatic rings. The van der Waals surface area contributed by atoms with Crippen LogP contribution in [-0.2, 0) is 4.74 Å². The van der Waals surface area contributed by atoms with Crippen molar-refractivity contribution in [1.82, 2.24) is 4.68 Å². The first-order valence-corrected chi connectivity index (χ1v) is 2.86. The van der Waals surface area contributed by atoms with E-state index in [2.05, 4.69) is 4.74 Å². The molecule has 0 aliphatic heterocycles. The maximum Gasteiger partial charge on any atom is 0.356 e. The van der Waals surface area contributed by atoms with Crippen LogP contribution in [0.25, 0.3) is 0 Å². The number of rotatable bonds is 1. The van der Waals surface area contributed by atoms with E-state index in [0.717, 1.165) is 16.9 Å². The summed E-state index contributed by atoms with van der Waals surface area (Å²) in [5.74, 6) is 3.98. The average molecular weight is 158 g/mol. The molecule has 1 heterocycles. The minimum atomic E-state index is -0.656. The minimum absolute atomic E-state index is 0.00926. The Morgan fingerprint density at radius 3 is 2.82 bits per heavy atom. The van der Waals surface area contributed by atoms with Crippen molar-refractivity contribution in [3.8, 4) is 0 Å². The minimum Gasteiger partial charge on any atom is -0.464 e. The molecule has 5 heteroatoms. The highest BCUT2D eigenvalue weighted by atomic mass is 19.1. The zero-order valence-electron chi connectivity index (χ0n) is 5.87. The van der Waals surface area contributed by atoms with Gasteiger partial charge >= 0.3 is 5.97 Å². The lowest BCUT2D eigenvalue weighted by Gasteiger charge is -1.98. The summed E-state index contributed by atoms with van der Waals surface area (Å²) in [6.45, 7) is 0. The number of aromatic nitrogens is 1. The van der Waals surface area contributed by atoms with Crippen LogP contribution in [0.15, 0.2) is 12.3 Å². The van der Waals surface area contributed by atoms with E-state index < -0.39 is 11.8 Å². The normalized spacial score (nSPS) is 9.64. The number of ether oxygens (including phenoxy) is 1. The Morgan fingerprint density at radius 1 is 1.82 bits per heavy atom. The SMILES string of the molecule is COC(=O)c1cc(F)cn1N. The Hall–Kier alpha value is -1.52. The lowest BCUT2D eigenvalue weighted by atomic mass is 10.4. The molecule has 60 valence electrons. The molecule has 0 fully saturated rings. The summed E-state index contributed by atoms with van der Waals surface area (Å²) in [6, 6.07) is 1.01. The van der Waals surface area contributed by atoms with Gasteiger partial charge in [-0.2, -0.15) is 0 Å². The molecule has 0 amide bonds. The van der Waals surface area contributed by atoms with Gasteiger partial charge in [-0.1, -0.05) is 0 Å². The second-order valence-electron chi connectivity index (χ2n) is 1.94. The topological polar surface area (TPSA) is 57.2 Å². The Labute approximate surface area is 62.3 Å². The monoisotopic (exact) mass is 158 g/mol. The number of esters is 1. The van der Waals surface area contributed by atoms with Crippen LogP contribution in [0.1, 0.15) is 10.5 Å². The number of nitrogens with two attached hydrogens (primary N) is 1. The van der Waals surface area contributed by atoms with Crippen molar-refractivity contribution >= 4 is 5.97 Å². The number of carbonyl (C=O) groups is 1. The third-order valence-electron chi connectivity index (χ3n) is 1.21. The van der Waals surface area contributed by atoms with E-state index in [1.165, 1.54) is 7.11 Å². The van der Waals surface area contributed by atoms with Gasteiger partial charge in [-0.25, -0.2) is 9.18 Å². The third kappa shape index (κ3) is 1.31. The Balaban J connectivity index is 3.03. The van der Waals surface area contributed by atoms with Gasteiger partial charge in [0, 0.05) is 6.07 Å². The van der Waals surface area contributed by atoms with Crippen molar-refractivity contribution in [2.24, 2.45) is 0 Å². The molecular formula is C6H7FN2O2. The molecular weight excluding hydrogens is 151 g/mol. The van der Waals surface area contributed by atoms with Crippen LogP contribution in [0.3, 0.4) is 0 Å². The largest absolute Gasteiger partial charge is 0.464 e. The first kappa shape index (κ1) is 7.59. The average Bonchev–Trinajstić information content (AvgIpc) is 2.28. The van der Waals surface area contributed by atoms with Crippen LogP contribution in [0.4, 0.5) is 4.39 Å². The number of methoxy groups -OCH3 is 1. The van der Waals surface area contributed by atoms with E-state index in [4.69, 9.17) is 5.84 Å². The Kier molecular flexibility index (Phi) is 1.80. The zero-order valence-corrected chi connectivity index (χ0v) is 5.87. The van der Waals surface area contributed by atoms with Gasteiger partial charge in [0.2, 0.25) is 0 Å².